The van der Waals surface area contributed by atoms with Crippen molar-refractivity contribution in [2.75, 3.05) is 21.2 Å². The number of likely N-dealkylation sites (N-methyl/N-ethyl adjacent to an activating group) is 2. The lowest BCUT2D eigenvalue weighted by molar-refractivity contribution is -0.122. The minimum absolute atomic E-state index is 0.130. The molecule has 1 unspecified atom stereocenters. The van der Waals surface area contributed by atoms with E-state index in [-0.39, 0.29) is 5.91 Å². The highest BCUT2D eigenvalue weighted by molar-refractivity contribution is 6.31. The molecule has 1 rings (SSSR count). The molecule has 5 heteroatoms. The average Bonchev–Trinajstić information content (AvgIpc) is 2.31. The van der Waals surface area contributed by atoms with Gasteiger partial charge >= 0.3 is 0 Å². The topological polar surface area (TPSA) is 50.4 Å². The minimum atomic E-state index is -0.455. The quantitative estimate of drug-likeness (QED) is 0.838. The molecule has 16 heavy (non-hydrogen) atoms. The smallest absolute Gasteiger partial charge is 0.241 e. The number of hydrogen-bond acceptors (Lipinski definition) is 3. The molecule has 1 aromatic rings. The summed E-state index contributed by atoms with van der Waals surface area (Å²) in [6.07, 6.45) is 0. The number of methoxy groups -OCH3 is 1. The van der Waals surface area contributed by atoms with Crippen LogP contribution >= 0.6 is 11.6 Å². The lowest BCUT2D eigenvalue weighted by atomic mass is 10.1. The van der Waals surface area contributed by atoms with Crippen molar-refractivity contribution in [1.82, 2.24) is 10.6 Å². The maximum absolute atomic E-state index is 11.6. The molecule has 0 heterocycles. The Kier molecular flexibility index (Phi) is 4.58. The Morgan fingerprint density at radius 3 is 2.56 bits per heavy atom. The van der Waals surface area contributed by atoms with Gasteiger partial charge in [0.2, 0.25) is 5.91 Å². The van der Waals surface area contributed by atoms with Crippen LogP contribution in [-0.2, 0) is 4.79 Å². The molecule has 0 radical (unpaired) electrons. The zero-order chi connectivity index (χ0) is 12.1. The van der Waals surface area contributed by atoms with E-state index in [1.807, 2.05) is 0 Å². The number of nitrogens with one attached hydrogen (secondary N) is 2. The van der Waals surface area contributed by atoms with Crippen LogP contribution in [0.1, 0.15) is 11.6 Å². The van der Waals surface area contributed by atoms with E-state index in [0.29, 0.717) is 10.8 Å². The summed E-state index contributed by atoms with van der Waals surface area (Å²) in [4.78, 5) is 11.6. The van der Waals surface area contributed by atoms with Gasteiger partial charge in [-0.1, -0.05) is 17.7 Å². The van der Waals surface area contributed by atoms with E-state index in [1.165, 1.54) is 0 Å². The number of hydrogen-bond donors (Lipinski definition) is 2. The lowest BCUT2D eigenvalue weighted by Crippen LogP contribution is -2.33. The first kappa shape index (κ1) is 12.8. The molecule has 0 saturated heterocycles. The summed E-state index contributed by atoms with van der Waals surface area (Å²) in [5, 5.41) is 5.99. The molecule has 0 spiro atoms. The summed E-state index contributed by atoms with van der Waals surface area (Å²) in [5.74, 6) is 0.537. The molecule has 0 saturated carbocycles. The van der Waals surface area contributed by atoms with Crippen molar-refractivity contribution in [2.24, 2.45) is 0 Å². The van der Waals surface area contributed by atoms with Crippen molar-refractivity contribution in [1.29, 1.82) is 0 Å². The predicted octanol–water partition coefficient (Wildman–Crippen LogP) is 1.36. The normalized spacial score (nSPS) is 12.0. The van der Waals surface area contributed by atoms with Gasteiger partial charge in [0.1, 0.15) is 11.8 Å². The largest absolute Gasteiger partial charge is 0.497 e. The summed E-state index contributed by atoms with van der Waals surface area (Å²) >= 11 is 6.08. The van der Waals surface area contributed by atoms with Crippen molar-refractivity contribution in [3.8, 4) is 5.75 Å². The summed E-state index contributed by atoms with van der Waals surface area (Å²) in [6, 6.07) is 4.78. The molecule has 0 aliphatic heterocycles. The van der Waals surface area contributed by atoms with Crippen LogP contribution in [0.2, 0.25) is 5.02 Å². The fraction of sp³-hybridized carbons (Fsp3) is 0.364. The Balaban J connectivity index is 3.06. The van der Waals surface area contributed by atoms with E-state index < -0.39 is 6.04 Å². The van der Waals surface area contributed by atoms with Gasteiger partial charge in [0.05, 0.1) is 7.11 Å². The highest BCUT2D eigenvalue weighted by atomic mass is 35.5. The SMILES string of the molecule is CNC(=O)C(NC)c1ccc(OC)cc1Cl. The highest BCUT2D eigenvalue weighted by Gasteiger charge is 2.20. The third-order valence-corrected chi connectivity index (χ3v) is 2.64. The van der Waals surface area contributed by atoms with Gasteiger partial charge in [-0.15, -0.1) is 0 Å². The molecule has 1 aromatic carbocycles. The fourth-order valence-electron chi connectivity index (χ4n) is 1.44. The van der Waals surface area contributed by atoms with Gasteiger partial charge < -0.3 is 15.4 Å². The first-order chi connectivity index (χ1) is 7.63. The van der Waals surface area contributed by atoms with Crippen molar-refractivity contribution in [3.05, 3.63) is 28.8 Å². The van der Waals surface area contributed by atoms with Gasteiger partial charge in [-0.05, 0) is 24.7 Å². The lowest BCUT2D eigenvalue weighted by Gasteiger charge is -2.16. The van der Waals surface area contributed by atoms with Gasteiger partial charge in [-0.25, -0.2) is 0 Å². The second kappa shape index (κ2) is 5.72. The van der Waals surface area contributed by atoms with Crippen LogP contribution in [-0.4, -0.2) is 27.1 Å². The molecule has 0 aliphatic rings. The Morgan fingerprint density at radius 2 is 2.12 bits per heavy atom. The van der Waals surface area contributed by atoms with E-state index >= 15 is 0 Å². The van der Waals surface area contributed by atoms with Crippen LogP contribution in [0.4, 0.5) is 0 Å². The summed E-state index contributed by atoms with van der Waals surface area (Å²) in [7, 11) is 4.87. The first-order valence-electron chi connectivity index (χ1n) is 4.86. The van der Waals surface area contributed by atoms with E-state index in [4.69, 9.17) is 16.3 Å². The Labute approximate surface area is 99.9 Å². The van der Waals surface area contributed by atoms with Gasteiger partial charge in [0.15, 0.2) is 0 Å². The van der Waals surface area contributed by atoms with Crippen molar-refractivity contribution in [2.45, 2.75) is 6.04 Å². The molecule has 88 valence electrons. The Bertz CT molecular complexity index is 382. The van der Waals surface area contributed by atoms with Gasteiger partial charge in [-0.3, -0.25) is 4.79 Å². The molecule has 4 nitrogen and oxygen atoms in total. The fourth-order valence-corrected chi connectivity index (χ4v) is 1.72. The molecule has 0 aliphatic carbocycles. The van der Waals surface area contributed by atoms with E-state index in [0.717, 1.165) is 5.56 Å². The summed E-state index contributed by atoms with van der Waals surface area (Å²) in [6.45, 7) is 0. The van der Waals surface area contributed by atoms with Crippen molar-refractivity contribution in [3.63, 3.8) is 0 Å². The number of benzene rings is 1. The summed E-state index contributed by atoms with van der Waals surface area (Å²) < 4.78 is 5.04. The molecule has 0 aromatic heterocycles. The van der Waals surface area contributed by atoms with Gasteiger partial charge in [-0.2, -0.15) is 0 Å². The van der Waals surface area contributed by atoms with Crippen LogP contribution in [0.15, 0.2) is 18.2 Å². The number of carbonyl (C=O) groups excluding carboxylic acids is 1. The third-order valence-electron chi connectivity index (χ3n) is 2.32. The van der Waals surface area contributed by atoms with Crippen LogP contribution in [0.3, 0.4) is 0 Å². The molecular formula is C11H15ClN2O2. The Hall–Kier alpha value is -1.26. The molecular weight excluding hydrogens is 228 g/mol. The van der Waals surface area contributed by atoms with Crippen molar-refractivity contribution >= 4 is 17.5 Å². The van der Waals surface area contributed by atoms with Crippen LogP contribution in [0.5, 0.6) is 5.75 Å². The zero-order valence-corrected chi connectivity index (χ0v) is 10.3. The zero-order valence-electron chi connectivity index (χ0n) is 9.50. The van der Waals surface area contributed by atoms with Crippen LogP contribution < -0.4 is 15.4 Å². The number of ether oxygens (including phenoxy) is 1. The second-order valence-corrected chi connectivity index (χ2v) is 3.63. The third kappa shape index (κ3) is 2.65. The number of halogens is 1. The Morgan fingerprint density at radius 1 is 1.44 bits per heavy atom. The molecule has 1 atom stereocenters. The predicted molar refractivity (Wildman–Crippen MR) is 63.9 cm³/mol. The van der Waals surface area contributed by atoms with E-state index in [2.05, 4.69) is 10.6 Å². The highest BCUT2D eigenvalue weighted by Crippen LogP contribution is 2.27. The second-order valence-electron chi connectivity index (χ2n) is 3.22. The molecule has 2 N–H and O–H groups in total. The van der Waals surface area contributed by atoms with Crippen LogP contribution in [0.25, 0.3) is 0 Å². The van der Waals surface area contributed by atoms with Crippen LogP contribution in [0, 0.1) is 0 Å². The summed E-state index contributed by atoms with van der Waals surface area (Å²) in [5.41, 5.74) is 0.726. The monoisotopic (exact) mass is 242 g/mol. The van der Waals surface area contributed by atoms with Gasteiger partial charge in [0, 0.05) is 12.1 Å². The van der Waals surface area contributed by atoms with E-state index in [1.54, 1.807) is 39.4 Å². The average molecular weight is 243 g/mol. The minimum Gasteiger partial charge on any atom is -0.497 e. The maximum atomic E-state index is 11.6. The molecule has 0 fully saturated rings. The number of amides is 1. The molecule has 0 bridgehead atoms. The maximum Gasteiger partial charge on any atom is 0.241 e. The first-order valence-corrected chi connectivity index (χ1v) is 5.24. The number of rotatable bonds is 4. The number of carbonyl (C=O) groups is 1. The molecule has 1 amide bonds. The van der Waals surface area contributed by atoms with Gasteiger partial charge in [0.25, 0.3) is 0 Å². The van der Waals surface area contributed by atoms with E-state index in [9.17, 15) is 4.79 Å². The standard InChI is InChI=1S/C11H15ClN2O2/c1-13-10(11(15)14-2)8-5-4-7(16-3)6-9(8)12/h4-6,10,13H,1-3H3,(H,14,15). The van der Waals surface area contributed by atoms with Crippen molar-refractivity contribution < 1.29 is 9.53 Å².